The highest BCUT2D eigenvalue weighted by molar-refractivity contribution is 5.61. The normalized spacial score (nSPS) is 14.9. The summed E-state index contributed by atoms with van der Waals surface area (Å²) >= 11 is 0. The lowest BCUT2D eigenvalue weighted by Crippen LogP contribution is -2.31. The summed E-state index contributed by atoms with van der Waals surface area (Å²) in [6.45, 7) is 1.50. The Morgan fingerprint density at radius 2 is 1.88 bits per heavy atom. The minimum absolute atomic E-state index is 0.0447. The van der Waals surface area contributed by atoms with E-state index in [1.807, 2.05) is 37.3 Å². The van der Waals surface area contributed by atoms with Crippen LogP contribution in [0.5, 0.6) is 0 Å². The van der Waals surface area contributed by atoms with Crippen LogP contribution in [0.1, 0.15) is 22.2 Å². The van der Waals surface area contributed by atoms with E-state index in [1.165, 1.54) is 0 Å². The van der Waals surface area contributed by atoms with Gasteiger partial charge in [0.1, 0.15) is 8.42 Å². The molecule has 1 heterocycles. The molecule has 2 aromatic rings. The summed E-state index contributed by atoms with van der Waals surface area (Å²) in [5.41, 5.74) is 3.73. The van der Waals surface area contributed by atoms with Gasteiger partial charge in [-0.3, -0.25) is 0 Å². The highest BCUT2D eigenvalue weighted by Crippen LogP contribution is 2.21. The van der Waals surface area contributed by atoms with Gasteiger partial charge in [0.2, 0.25) is 5.69 Å². The molecule has 0 bridgehead atoms. The number of aromatic nitrogens is 1. The molecule has 0 fully saturated rings. The lowest BCUT2D eigenvalue weighted by molar-refractivity contribution is -0.660. The fourth-order valence-electron chi connectivity index (χ4n) is 1.81. The maximum atomic E-state index is 8.16. The largest absolute Gasteiger partial charge is 0.212 e. The topological polar surface area (TPSA) is 3.88 Å². The summed E-state index contributed by atoms with van der Waals surface area (Å²) in [5, 5.41) is 0. The fraction of sp³-hybridized carbons (Fsp3) is 0.267. The lowest BCUT2D eigenvalue weighted by Gasteiger charge is -2.06. The summed E-state index contributed by atoms with van der Waals surface area (Å²) in [5.74, 6) is 0. The van der Waals surface area contributed by atoms with Crippen molar-refractivity contribution < 1.29 is 10.1 Å². The molecule has 1 nitrogen and oxygen atoms in total. The first kappa shape index (κ1) is 6.85. The minimum Gasteiger partial charge on any atom is -0.201 e. The van der Waals surface area contributed by atoms with Crippen LogP contribution in [0.4, 0.5) is 0 Å². The van der Waals surface area contributed by atoms with Crippen LogP contribution in [0.25, 0.3) is 11.3 Å². The number of nitrogens with zero attached hydrogens (tertiary/aromatic N) is 1. The van der Waals surface area contributed by atoms with Crippen LogP contribution in [0, 0.1) is 20.7 Å². The molecule has 1 heteroatoms. The summed E-state index contributed by atoms with van der Waals surface area (Å²) in [6, 6.07) is 9.75. The van der Waals surface area contributed by atoms with Gasteiger partial charge < -0.3 is 0 Å². The predicted molar refractivity (Wildman–Crippen MR) is 67.3 cm³/mol. The van der Waals surface area contributed by atoms with Crippen molar-refractivity contribution in [3.8, 4) is 11.3 Å². The van der Waals surface area contributed by atoms with Gasteiger partial charge in [0.25, 0.3) is 0 Å². The Labute approximate surface area is 103 Å². The zero-order valence-corrected chi connectivity index (χ0v) is 9.83. The van der Waals surface area contributed by atoms with Gasteiger partial charge in [-0.25, -0.2) is 4.57 Å². The molecule has 0 atom stereocenters. The van der Waals surface area contributed by atoms with Crippen LogP contribution < -0.4 is 4.57 Å². The molecular weight excluding hydrogens is 194 g/mol. The molecule has 0 N–H and O–H groups in total. The first-order valence-electron chi connectivity index (χ1n) is 7.30. The highest BCUT2D eigenvalue weighted by atomic mass is 14.9. The summed E-state index contributed by atoms with van der Waals surface area (Å²) < 4.78 is 32.5. The third kappa shape index (κ3) is 1.85. The van der Waals surface area contributed by atoms with Gasteiger partial charge >= 0.3 is 0 Å². The maximum Gasteiger partial charge on any atom is 0.212 e. The summed E-state index contributed by atoms with van der Waals surface area (Å²) in [4.78, 5) is 0. The van der Waals surface area contributed by atoms with E-state index < -0.39 is 6.85 Å². The van der Waals surface area contributed by atoms with Crippen molar-refractivity contribution in [1.82, 2.24) is 0 Å². The van der Waals surface area contributed by atoms with Gasteiger partial charge in [-0.2, -0.15) is 0 Å². The Kier molecular flexibility index (Phi) is 1.75. The number of benzene rings is 1. The number of aryl methyl sites for hydroxylation is 2. The monoisotopic (exact) mass is 216 g/mol. The molecule has 0 aliphatic carbocycles. The Bertz CT molecular complexity index is 660. The van der Waals surface area contributed by atoms with Crippen LogP contribution in [-0.4, -0.2) is 0 Å². The molecule has 2 rings (SSSR count). The quantitative estimate of drug-likeness (QED) is 0.645. The Balaban J connectivity index is 2.74. The number of hydrogen-bond acceptors (Lipinski definition) is 0. The smallest absolute Gasteiger partial charge is 0.201 e. The highest BCUT2D eigenvalue weighted by Gasteiger charge is 2.13. The number of hydrogen-bond donors (Lipinski definition) is 0. The van der Waals surface area contributed by atoms with Gasteiger partial charge in [-0.15, -0.1) is 0 Å². The zero-order chi connectivity index (χ0) is 15.1. The SMILES string of the molecule is [2H]c1c(C([2H])([2H])[2H])c(C)cc(-c2ccccc2C)[n+]1C. The van der Waals surface area contributed by atoms with Crippen LogP contribution in [0.3, 0.4) is 0 Å². The number of pyridine rings is 1. The van der Waals surface area contributed by atoms with E-state index in [1.54, 1.807) is 18.5 Å². The van der Waals surface area contributed by atoms with Crippen LogP contribution >= 0.6 is 0 Å². The van der Waals surface area contributed by atoms with Gasteiger partial charge in [0, 0.05) is 21.3 Å². The molecule has 1 aromatic heterocycles. The van der Waals surface area contributed by atoms with Crippen LogP contribution in [-0.2, 0) is 7.05 Å². The fourth-order valence-corrected chi connectivity index (χ4v) is 1.81. The first-order chi connectivity index (χ1) is 9.23. The van der Waals surface area contributed by atoms with Crippen LogP contribution in [0.15, 0.2) is 36.5 Å². The van der Waals surface area contributed by atoms with Crippen molar-refractivity contribution >= 4 is 0 Å². The minimum atomic E-state index is -2.26. The third-order valence-electron chi connectivity index (χ3n) is 2.81. The second-order valence-corrected chi connectivity index (χ2v) is 4.07. The Morgan fingerprint density at radius 3 is 2.56 bits per heavy atom. The molecule has 0 spiro atoms. The van der Waals surface area contributed by atoms with E-state index in [4.69, 9.17) is 5.48 Å². The van der Waals surface area contributed by atoms with E-state index >= 15 is 0 Å². The van der Waals surface area contributed by atoms with E-state index in [9.17, 15) is 0 Å². The molecule has 0 aliphatic heterocycles. The number of rotatable bonds is 1. The van der Waals surface area contributed by atoms with Crippen LogP contribution in [0.2, 0.25) is 0 Å². The van der Waals surface area contributed by atoms with E-state index in [2.05, 4.69) is 0 Å². The van der Waals surface area contributed by atoms with Gasteiger partial charge in [-0.1, -0.05) is 18.2 Å². The summed E-state index contributed by atoms with van der Waals surface area (Å²) in [6.07, 6.45) is 0.0447. The second-order valence-electron chi connectivity index (χ2n) is 4.07. The third-order valence-corrected chi connectivity index (χ3v) is 2.81. The van der Waals surface area contributed by atoms with Crippen molar-refractivity contribution in [2.24, 2.45) is 7.05 Å². The van der Waals surface area contributed by atoms with Crippen molar-refractivity contribution in [3.63, 3.8) is 0 Å². The average molecular weight is 216 g/mol. The van der Waals surface area contributed by atoms with Gasteiger partial charge in [-0.05, 0) is 37.9 Å². The molecule has 16 heavy (non-hydrogen) atoms. The Morgan fingerprint density at radius 1 is 1.12 bits per heavy atom. The summed E-state index contributed by atoms with van der Waals surface area (Å²) in [7, 11) is 1.73. The van der Waals surface area contributed by atoms with Crippen molar-refractivity contribution in [1.29, 1.82) is 0 Å². The van der Waals surface area contributed by atoms with E-state index in [0.29, 0.717) is 5.56 Å². The molecule has 1 aromatic carbocycles. The van der Waals surface area contributed by atoms with Gasteiger partial charge in [0.05, 0.1) is 0 Å². The molecule has 0 saturated heterocycles. The zero-order valence-electron chi connectivity index (χ0n) is 13.8. The molecule has 82 valence electrons. The molecule has 0 amide bonds. The Hall–Kier alpha value is -1.63. The van der Waals surface area contributed by atoms with E-state index in [0.717, 1.165) is 16.8 Å². The molecule has 0 saturated carbocycles. The molecule has 0 unspecified atom stereocenters. The van der Waals surface area contributed by atoms with E-state index in [-0.39, 0.29) is 11.7 Å². The van der Waals surface area contributed by atoms with Crippen molar-refractivity contribution in [3.05, 3.63) is 53.2 Å². The lowest BCUT2D eigenvalue weighted by atomic mass is 10.0. The molecule has 0 aliphatic rings. The van der Waals surface area contributed by atoms with Gasteiger partial charge in [0.15, 0.2) is 6.17 Å². The van der Waals surface area contributed by atoms with Crippen molar-refractivity contribution in [2.75, 3.05) is 0 Å². The maximum absolute atomic E-state index is 8.16. The predicted octanol–water partition coefficient (Wildman–Crippen LogP) is 3.10. The second kappa shape index (κ2) is 4.09. The van der Waals surface area contributed by atoms with Crippen molar-refractivity contribution in [2.45, 2.75) is 20.7 Å². The molecule has 0 radical (unpaired) electrons. The average Bonchev–Trinajstić information content (AvgIpc) is 2.33. The molecular formula is C15H18N+. The standard InChI is InChI=1S/C15H18N/c1-11-7-5-6-8-14(11)15-9-12(2)13(3)10-16(15)4/h5-10H,1-4H3/q+1/i3D3,10D. The first-order valence-corrected chi connectivity index (χ1v) is 5.30.